The van der Waals surface area contributed by atoms with Crippen LogP contribution in [0.3, 0.4) is 0 Å². The number of nitrogens with two attached hydrogens (primary N) is 1. The van der Waals surface area contributed by atoms with Crippen molar-refractivity contribution in [2.75, 3.05) is 13.4 Å². The predicted octanol–water partition coefficient (Wildman–Crippen LogP) is 9.57. The van der Waals surface area contributed by atoms with E-state index in [0.29, 0.717) is 34.4 Å². The SMILES string of the molecule is COc1ccc([C@H](c2ccc(SC)cc2)c2ccc(-n3cc4cc(-c5cc(CCC[C@H](C)N)cc(SC(F)(F)F)c5)[nH]c4nc3=O)cc2)cc1. The number of ether oxygens (including phenoxy) is 1. The molecule has 0 radical (unpaired) electrons. The molecule has 2 aromatic heterocycles. The second kappa shape index (κ2) is 15.2. The lowest BCUT2D eigenvalue weighted by molar-refractivity contribution is -0.0328. The van der Waals surface area contributed by atoms with Gasteiger partial charge in [-0.05, 0) is 133 Å². The van der Waals surface area contributed by atoms with Crippen LogP contribution in [0, 0.1) is 0 Å². The van der Waals surface area contributed by atoms with E-state index in [0.717, 1.165) is 40.8 Å². The Labute approximate surface area is 297 Å². The van der Waals surface area contributed by atoms with E-state index in [-0.39, 0.29) is 28.6 Å². The van der Waals surface area contributed by atoms with E-state index in [1.165, 1.54) is 15.5 Å². The molecule has 0 saturated carbocycles. The zero-order valence-corrected chi connectivity index (χ0v) is 29.5. The van der Waals surface area contributed by atoms with Crippen LogP contribution in [0.5, 0.6) is 5.75 Å². The normalized spacial score (nSPS) is 13.0. The lowest BCUT2D eigenvalue weighted by atomic mass is 9.85. The minimum atomic E-state index is -4.42. The first-order valence-corrected chi connectivity index (χ1v) is 18.2. The van der Waals surface area contributed by atoms with Gasteiger partial charge in [0.2, 0.25) is 0 Å². The van der Waals surface area contributed by atoms with Gasteiger partial charge in [-0.3, -0.25) is 4.57 Å². The summed E-state index contributed by atoms with van der Waals surface area (Å²) < 4.78 is 47.0. The number of hydrogen-bond acceptors (Lipinski definition) is 6. The number of thioether (sulfide) groups is 2. The molecule has 258 valence electrons. The van der Waals surface area contributed by atoms with Crippen LogP contribution in [0.1, 0.15) is 47.9 Å². The minimum Gasteiger partial charge on any atom is -0.497 e. The Balaban J connectivity index is 1.33. The summed E-state index contributed by atoms with van der Waals surface area (Å²) >= 11 is 1.55. The van der Waals surface area contributed by atoms with Gasteiger partial charge in [0.25, 0.3) is 0 Å². The summed E-state index contributed by atoms with van der Waals surface area (Å²) in [7, 11) is 1.65. The molecule has 3 N–H and O–H groups in total. The standard InChI is InChI=1S/C39H37F3N4O2S2/c1-24(43)5-4-6-25-19-29(21-34(20-25)50-39(40,41)42)35-22-30-23-46(38(47)45-37(30)44-35)31-13-7-26(8-14-31)36(27-9-15-32(48-2)16-10-27)28-11-17-33(49-3)18-12-28/h7-24,36H,4-6,43H2,1-3H3,(H,44,45,47)/t24-,36+/m0/s1. The third-order valence-electron chi connectivity index (χ3n) is 8.55. The number of hydrogen-bond donors (Lipinski definition) is 2. The maximum Gasteiger partial charge on any atom is 0.446 e. The number of alkyl halides is 3. The molecule has 4 aromatic carbocycles. The molecule has 6 rings (SSSR count). The number of halogens is 3. The van der Waals surface area contributed by atoms with E-state index in [2.05, 4.69) is 52.6 Å². The van der Waals surface area contributed by atoms with Crippen molar-refractivity contribution in [2.45, 2.75) is 53.4 Å². The van der Waals surface area contributed by atoms with Gasteiger partial charge in [0.05, 0.1) is 12.8 Å². The molecular formula is C39H37F3N4O2S2. The molecule has 0 unspecified atom stereocenters. The van der Waals surface area contributed by atoms with Crippen molar-refractivity contribution in [1.29, 1.82) is 0 Å². The number of aromatic nitrogens is 3. The summed E-state index contributed by atoms with van der Waals surface area (Å²) in [6.07, 6.45) is 5.88. The Kier molecular flexibility index (Phi) is 10.8. The molecule has 0 spiro atoms. The summed E-state index contributed by atoms with van der Waals surface area (Å²) in [6, 6.07) is 31.2. The number of H-pyrrole nitrogens is 1. The number of rotatable bonds is 12. The van der Waals surface area contributed by atoms with E-state index >= 15 is 0 Å². The van der Waals surface area contributed by atoms with Crippen LogP contribution in [0.4, 0.5) is 13.2 Å². The van der Waals surface area contributed by atoms with Crippen LogP contribution in [0.15, 0.2) is 118 Å². The van der Waals surface area contributed by atoms with Crippen LogP contribution in [0.2, 0.25) is 0 Å². The highest BCUT2D eigenvalue weighted by molar-refractivity contribution is 8.00. The molecule has 0 aliphatic heterocycles. The first-order valence-electron chi connectivity index (χ1n) is 16.2. The lowest BCUT2D eigenvalue weighted by Gasteiger charge is -2.20. The van der Waals surface area contributed by atoms with Gasteiger partial charge < -0.3 is 15.5 Å². The fraction of sp³-hybridized carbons (Fsp3) is 0.231. The topological polar surface area (TPSA) is 85.9 Å². The highest BCUT2D eigenvalue weighted by Gasteiger charge is 2.29. The van der Waals surface area contributed by atoms with Gasteiger partial charge in [0, 0.05) is 39.0 Å². The molecule has 50 heavy (non-hydrogen) atoms. The van der Waals surface area contributed by atoms with Gasteiger partial charge >= 0.3 is 11.2 Å². The fourth-order valence-electron chi connectivity index (χ4n) is 6.11. The zero-order chi connectivity index (χ0) is 35.4. The molecule has 6 aromatic rings. The lowest BCUT2D eigenvalue weighted by Crippen LogP contribution is -2.20. The summed E-state index contributed by atoms with van der Waals surface area (Å²) in [5.74, 6) is 0.728. The second-order valence-electron chi connectivity index (χ2n) is 12.2. The van der Waals surface area contributed by atoms with Crippen molar-refractivity contribution in [2.24, 2.45) is 5.73 Å². The van der Waals surface area contributed by atoms with Crippen molar-refractivity contribution in [3.8, 4) is 22.7 Å². The van der Waals surface area contributed by atoms with Crippen LogP contribution in [-0.2, 0) is 6.42 Å². The van der Waals surface area contributed by atoms with E-state index in [1.807, 2.05) is 55.5 Å². The number of nitrogens with one attached hydrogen (secondary N) is 1. The Morgan fingerprint density at radius 1 is 0.900 bits per heavy atom. The third kappa shape index (κ3) is 8.46. The molecule has 0 bridgehead atoms. The van der Waals surface area contributed by atoms with Crippen molar-refractivity contribution in [3.05, 3.63) is 136 Å². The van der Waals surface area contributed by atoms with Gasteiger partial charge in [-0.2, -0.15) is 18.2 Å². The molecule has 2 heterocycles. The Morgan fingerprint density at radius 3 is 2.14 bits per heavy atom. The molecule has 0 fully saturated rings. The van der Waals surface area contributed by atoms with Crippen LogP contribution >= 0.6 is 23.5 Å². The Morgan fingerprint density at radius 2 is 1.54 bits per heavy atom. The van der Waals surface area contributed by atoms with E-state index in [4.69, 9.17) is 10.5 Å². The zero-order valence-electron chi connectivity index (χ0n) is 27.8. The quantitative estimate of drug-likeness (QED) is 0.0971. The van der Waals surface area contributed by atoms with Gasteiger partial charge in [0.1, 0.15) is 11.4 Å². The molecule has 0 aliphatic carbocycles. The highest BCUT2D eigenvalue weighted by atomic mass is 32.2. The number of fused-ring (bicyclic) bond motifs is 1. The summed E-state index contributed by atoms with van der Waals surface area (Å²) in [5.41, 5.74) is 7.23. The third-order valence-corrected chi connectivity index (χ3v) is 9.99. The molecule has 0 aliphatic rings. The van der Waals surface area contributed by atoms with Crippen LogP contribution in [0.25, 0.3) is 28.0 Å². The summed E-state index contributed by atoms with van der Waals surface area (Å²) in [6.45, 7) is 1.91. The van der Waals surface area contributed by atoms with Crippen molar-refractivity contribution < 1.29 is 17.9 Å². The largest absolute Gasteiger partial charge is 0.497 e. The monoisotopic (exact) mass is 714 g/mol. The smallest absolute Gasteiger partial charge is 0.446 e. The predicted molar refractivity (Wildman–Crippen MR) is 198 cm³/mol. The molecule has 0 saturated heterocycles. The first-order chi connectivity index (χ1) is 24.0. The maximum atomic E-state index is 13.4. The van der Waals surface area contributed by atoms with Crippen molar-refractivity contribution in [1.82, 2.24) is 14.5 Å². The van der Waals surface area contributed by atoms with E-state index in [9.17, 15) is 18.0 Å². The van der Waals surface area contributed by atoms with Crippen molar-refractivity contribution in [3.63, 3.8) is 0 Å². The number of nitrogens with zero attached hydrogens (tertiary/aromatic N) is 2. The average Bonchev–Trinajstić information content (AvgIpc) is 3.51. The first kappa shape index (κ1) is 35.4. The van der Waals surface area contributed by atoms with E-state index < -0.39 is 11.2 Å². The van der Waals surface area contributed by atoms with Crippen LogP contribution in [-0.4, -0.2) is 39.5 Å². The number of methoxy groups -OCH3 is 1. The summed E-state index contributed by atoms with van der Waals surface area (Å²) in [4.78, 5) is 22.0. The molecular weight excluding hydrogens is 678 g/mol. The number of aromatic amines is 1. The highest BCUT2D eigenvalue weighted by Crippen LogP contribution is 2.39. The van der Waals surface area contributed by atoms with Gasteiger partial charge in [-0.25, -0.2) is 4.79 Å². The Bertz CT molecular complexity index is 2080. The van der Waals surface area contributed by atoms with Gasteiger partial charge in [-0.1, -0.05) is 36.4 Å². The summed E-state index contributed by atoms with van der Waals surface area (Å²) in [5, 5.41) is 0.654. The second-order valence-corrected chi connectivity index (χ2v) is 14.3. The molecule has 2 atom stereocenters. The minimum absolute atomic E-state index is 0.0123. The fourth-order valence-corrected chi connectivity index (χ4v) is 7.19. The average molecular weight is 715 g/mol. The maximum absolute atomic E-state index is 13.4. The Hall–Kier alpha value is -4.45. The van der Waals surface area contributed by atoms with E-state index in [1.54, 1.807) is 31.1 Å². The van der Waals surface area contributed by atoms with Crippen molar-refractivity contribution >= 4 is 34.6 Å². The molecule has 11 heteroatoms. The van der Waals surface area contributed by atoms with Gasteiger partial charge in [0.15, 0.2) is 0 Å². The molecule has 6 nitrogen and oxygen atoms in total. The molecule has 0 amide bonds. The number of aryl methyl sites for hydroxylation is 1. The van der Waals surface area contributed by atoms with Crippen LogP contribution < -0.4 is 16.2 Å². The number of benzene rings is 4. The van der Waals surface area contributed by atoms with Gasteiger partial charge in [-0.15, -0.1) is 11.8 Å².